The van der Waals surface area contributed by atoms with Gasteiger partial charge in [0.15, 0.2) is 0 Å². The molecule has 6 nitrogen and oxygen atoms in total. The molecule has 2 aromatic heterocycles. The number of imidazole rings is 1. The second-order valence-corrected chi connectivity index (χ2v) is 6.02. The van der Waals surface area contributed by atoms with Crippen molar-refractivity contribution in [2.45, 2.75) is 12.8 Å². The van der Waals surface area contributed by atoms with Gasteiger partial charge in [0.1, 0.15) is 11.5 Å². The molecular formula is C20H17N3O3. The SMILES string of the molecule is O=C(CCc1ccc(-c2ccccc2)o1)Nc1ccc2[nH]c(=O)[nH]c2c1. The van der Waals surface area contributed by atoms with Crippen LogP contribution in [0.15, 0.2) is 69.9 Å². The highest BCUT2D eigenvalue weighted by atomic mass is 16.3. The smallest absolute Gasteiger partial charge is 0.323 e. The van der Waals surface area contributed by atoms with Crippen LogP contribution in [0.25, 0.3) is 22.4 Å². The number of carbonyl (C=O) groups excluding carboxylic acids is 1. The number of aromatic amines is 2. The molecule has 4 aromatic rings. The van der Waals surface area contributed by atoms with Gasteiger partial charge in [0, 0.05) is 24.1 Å². The van der Waals surface area contributed by atoms with E-state index in [4.69, 9.17) is 4.42 Å². The third-order valence-electron chi connectivity index (χ3n) is 4.12. The first-order valence-electron chi connectivity index (χ1n) is 8.33. The van der Waals surface area contributed by atoms with E-state index >= 15 is 0 Å². The van der Waals surface area contributed by atoms with Crippen LogP contribution >= 0.6 is 0 Å². The lowest BCUT2D eigenvalue weighted by atomic mass is 10.2. The fourth-order valence-electron chi connectivity index (χ4n) is 2.84. The molecule has 0 aliphatic heterocycles. The molecule has 2 aromatic carbocycles. The molecule has 0 bridgehead atoms. The van der Waals surface area contributed by atoms with Crippen LogP contribution in [-0.4, -0.2) is 15.9 Å². The summed E-state index contributed by atoms with van der Waals surface area (Å²) in [5.41, 5.74) is 2.75. The number of anilines is 1. The maximum absolute atomic E-state index is 12.2. The monoisotopic (exact) mass is 347 g/mol. The van der Waals surface area contributed by atoms with Gasteiger partial charge in [-0.15, -0.1) is 0 Å². The standard InChI is InChI=1S/C20H17N3O3/c24-19(21-14-6-9-16-17(12-14)23-20(25)22-16)11-8-15-7-10-18(26-15)13-4-2-1-3-5-13/h1-7,9-10,12H,8,11H2,(H,21,24)(H2,22,23,25). The predicted molar refractivity (Wildman–Crippen MR) is 100 cm³/mol. The zero-order chi connectivity index (χ0) is 17.9. The fraction of sp³-hybridized carbons (Fsp3) is 0.100. The Balaban J connectivity index is 1.37. The van der Waals surface area contributed by atoms with E-state index in [9.17, 15) is 9.59 Å². The van der Waals surface area contributed by atoms with Crippen molar-refractivity contribution in [3.05, 3.63) is 76.9 Å². The van der Waals surface area contributed by atoms with Crippen LogP contribution in [-0.2, 0) is 11.2 Å². The van der Waals surface area contributed by atoms with Crippen LogP contribution in [0, 0.1) is 0 Å². The van der Waals surface area contributed by atoms with E-state index in [1.54, 1.807) is 18.2 Å². The van der Waals surface area contributed by atoms with E-state index < -0.39 is 0 Å². The Morgan fingerprint density at radius 1 is 0.962 bits per heavy atom. The van der Waals surface area contributed by atoms with Gasteiger partial charge in [-0.05, 0) is 30.3 Å². The number of H-pyrrole nitrogens is 2. The van der Waals surface area contributed by atoms with Gasteiger partial charge in [0.25, 0.3) is 0 Å². The maximum atomic E-state index is 12.2. The van der Waals surface area contributed by atoms with Crippen molar-refractivity contribution in [2.24, 2.45) is 0 Å². The van der Waals surface area contributed by atoms with E-state index in [0.29, 0.717) is 29.6 Å². The fourth-order valence-corrected chi connectivity index (χ4v) is 2.84. The van der Waals surface area contributed by atoms with Crippen LogP contribution in [0.5, 0.6) is 0 Å². The van der Waals surface area contributed by atoms with Gasteiger partial charge in [-0.25, -0.2) is 4.79 Å². The Morgan fingerprint density at radius 3 is 2.62 bits per heavy atom. The molecule has 0 saturated carbocycles. The first-order valence-corrected chi connectivity index (χ1v) is 8.33. The van der Waals surface area contributed by atoms with Crippen molar-refractivity contribution in [3.63, 3.8) is 0 Å². The number of aryl methyl sites for hydroxylation is 1. The molecule has 2 heterocycles. The molecule has 0 fully saturated rings. The van der Waals surface area contributed by atoms with Gasteiger partial charge in [0.05, 0.1) is 11.0 Å². The number of amides is 1. The maximum Gasteiger partial charge on any atom is 0.323 e. The summed E-state index contributed by atoms with van der Waals surface area (Å²) in [4.78, 5) is 28.8. The quantitative estimate of drug-likeness (QED) is 0.514. The predicted octanol–water partition coefficient (Wildman–Crippen LogP) is 3.69. The van der Waals surface area contributed by atoms with E-state index in [2.05, 4.69) is 15.3 Å². The highest BCUT2D eigenvalue weighted by molar-refractivity contribution is 5.93. The lowest BCUT2D eigenvalue weighted by Gasteiger charge is -2.04. The average Bonchev–Trinajstić information content (AvgIpc) is 3.26. The number of nitrogens with one attached hydrogen (secondary N) is 3. The number of hydrogen-bond acceptors (Lipinski definition) is 3. The number of rotatable bonds is 5. The van der Waals surface area contributed by atoms with Crippen LogP contribution in [0.3, 0.4) is 0 Å². The minimum atomic E-state index is -0.268. The highest BCUT2D eigenvalue weighted by Gasteiger charge is 2.08. The summed E-state index contributed by atoms with van der Waals surface area (Å²) < 4.78 is 5.81. The van der Waals surface area contributed by atoms with Gasteiger partial charge in [0.2, 0.25) is 5.91 Å². The Hall–Kier alpha value is -3.54. The number of benzene rings is 2. The zero-order valence-electron chi connectivity index (χ0n) is 13.9. The minimum absolute atomic E-state index is 0.111. The van der Waals surface area contributed by atoms with Gasteiger partial charge in [-0.3, -0.25) is 4.79 Å². The van der Waals surface area contributed by atoms with E-state index in [1.807, 2.05) is 42.5 Å². The molecule has 0 aliphatic rings. The summed E-state index contributed by atoms with van der Waals surface area (Å²) in [6, 6.07) is 18.9. The molecule has 0 spiro atoms. The summed E-state index contributed by atoms with van der Waals surface area (Å²) >= 11 is 0. The van der Waals surface area contributed by atoms with Gasteiger partial charge in [-0.1, -0.05) is 30.3 Å². The van der Waals surface area contributed by atoms with Gasteiger partial charge < -0.3 is 19.7 Å². The first-order chi connectivity index (χ1) is 12.7. The summed E-state index contributed by atoms with van der Waals surface area (Å²) in [6.07, 6.45) is 0.825. The third-order valence-corrected chi connectivity index (χ3v) is 4.12. The van der Waals surface area contributed by atoms with E-state index in [1.165, 1.54) is 0 Å². The van der Waals surface area contributed by atoms with Crippen LogP contribution < -0.4 is 11.0 Å². The molecule has 6 heteroatoms. The number of furan rings is 1. The molecule has 0 saturated heterocycles. The Bertz CT molecular complexity index is 1110. The molecule has 130 valence electrons. The molecule has 0 aliphatic carbocycles. The molecule has 0 unspecified atom stereocenters. The second-order valence-electron chi connectivity index (χ2n) is 6.02. The van der Waals surface area contributed by atoms with Crippen molar-refractivity contribution in [1.29, 1.82) is 0 Å². The normalized spacial score (nSPS) is 10.9. The second kappa shape index (κ2) is 6.76. The van der Waals surface area contributed by atoms with E-state index in [0.717, 1.165) is 17.1 Å². The molecule has 26 heavy (non-hydrogen) atoms. The Kier molecular flexibility index (Phi) is 4.15. The lowest BCUT2D eigenvalue weighted by molar-refractivity contribution is -0.116. The summed E-state index contributed by atoms with van der Waals surface area (Å²) in [5.74, 6) is 1.45. The highest BCUT2D eigenvalue weighted by Crippen LogP contribution is 2.22. The Labute approximate surface area is 148 Å². The van der Waals surface area contributed by atoms with Crippen molar-refractivity contribution in [1.82, 2.24) is 9.97 Å². The van der Waals surface area contributed by atoms with Crippen LogP contribution in [0.2, 0.25) is 0 Å². The molecule has 3 N–H and O–H groups in total. The van der Waals surface area contributed by atoms with Crippen molar-refractivity contribution in [2.75, 3.05) is 5.32 Å². The molecular weight excluding hydrogens is 330 g/mol. The number of hydrogen-bond donors (Lipinski definition) is 3. The summed E-state index contributed by atoms with van der Waals surface area (Å²) in [7, 11) is 0. The zero-order valence-corrected chi connectivity index (χ0v) is 13.9. The summed E-state index contributed by atoms with van der Waals surface area (Å²) in [6.45, 7) is 0. The molecule has 0 atom stereocenters. The van der Waals surface area contributed by atoms with Crippen molar-refractivity contribution >= 4 is 22.6 Å². The van der Waals surface area contributed by atoms with Crippen molar-refractivity contribution < 1.29 is 9.21 Å². The lowest BCUT2D eigenvalue weighted by Crippen LogP contribution is -2.12. The van der Waals surface area contributed by atoms with Crippen LogP contribution in [0.1, 0.15) is 12.2 Å². The topological polar surface area (TPSA) is 90.9 Å². The minimum Gasteiger partial charge on any atom is -0.461 e. The average molecular weight is 347 g/mol. The molecule has 1 amide bonds. The van der Waals surface area contributed by atoms with E-state index in [-0.39, 0.29) is 11.6 Å². The summed E-state index contributed by atoms with van der Waals surface area (Å²) in [5, 5.41) is 2.84. The largest absolute Gasteiger partial charge is 0.461 e. The first kappa shape index (κ1) is 16.0. The number of carbonyl (C=O) groups is 1. The Morgan fingerprint density at radius 2 is 1.77 bits per heavy atom. The molecule has 0 radical (unpaired) electrons. The third kappa shape index (κ3) is 3.44. The van der Waals surface area contributed by atoms with Gasteiger partial charge >= 0.3 is 5.69 Å². The van der Waals surface area contributed by atoms with Crippen LogP contribution in [0.4, 0.5) is 5.69 Å². The number of fused-ring (bicyclic) bond motifs is 1. The van der Waals surface area contributed by atoms with Gasteiger partial charge in [-0.2, -0.15) is 0 Å². The number of aromatic nitrogens is 2. The molecule has 4 rings (SSSR count). The van der Waals surface area contributed by atoms with Crippen molar-refractivity contribution in [3.8, 4) is 11.3 Å².